The molecule has 2 rings (SSSR count). The third kappa shape index (κ3) is 2.32. The summed E-state index contributed by atoms with van der Waals surface area (Å²) in [4.78, 5) is 35.7. The van der Waals surface area contributed by atoms with Crippen LogP contribution in [0.25, 0.3) is 5.69 Å². The molecule has 0 radical (unpaired) electrons. The Labute approximate surface area is 115 Å². The van der Waals surface area contributed by atoms with E-state index in [-0.39, 0.29) is 0 Å². The fourth-order valence-corrected chi connectivity index (χ4v) is 1.90. The van der Waals surface area contributed by atoms with Gasteiger partial charge in [-0.25, -0.2) is 13.8 Å². The first-order chi connectivity index (χ1) is 9.31. The topological polar surface area (TPSA) is 98.0 Å². The minimum atomic E-state index is -1.02. The van der Waals surface area contributed by atoms with Crippen LogP contribution in [0.15, 0.2) is 27.8 Å². The average molecular weight is 300 g/mol. The molecule has 0 saturated carbocycles. The largest absolute Gasteiger partial charge is 0.333 e. The molecule has 0 bridgehead atoms. The van der Waals surface area contributed by atoms with Gasteiger partial charge in [0.25, 0.3) is 11.2 Å². The maximum atomic E-state index is 13.8. The Bertz CT molecular complexity index is 796. The molecule has 0 spiro atoms. The van der Waals surface area contributed by atoms with Crippen molar-refractivity contribution in [2.24, 2.45) is 0 Å². The minimum Gasteiger partial charge on any atom is -0.311 e. The van der Waals surface area contributed by atoms with Crippen LogP contribution in [0.4, 0.5) is 10.1 Å². The first-order valence-electron chi connectivity index (χ1n) is 5.28. The van der Waals surface area contributed by atoms with Crippen LogP contribution in [0.3, 0.4) is 0 Å². The van der Waals surface area contributed by atoms with E-state index in [4.69, 9.17) is 11.6 Å². The number of nitrogens with one attached hydrogen (secondary N) is 1. The van der Waals surface area contributed by atoms with E-state index in [9.17, 15) is 24.1 Å². The lowest BCUT2D eigenvalue weighted by atomic mass is 10.2. The smallest absolute Gasteiger partial charge is 0.311 e. The van der Waals surface area contributed by atoms with Crippen LogP contribution in [-0.4, -0.2) is 14.5 Å². The summed E-state index contributed by atoms with van der Waals surface area (Å²) in [5, 5.41) is 10.3. The Balaban J connectivity index is 2.84. The van der Waals surface area contributed by atoms with Crippen molar-refractivity contribution in [3.8, 4) is 5.69 Å². The van der Waals surface area contributed by atoms with Crippen molar-refractivity contribution in [3.05, 3.63) is 65.7 Å². The second kappa shape index (κ2) is 4.89. The first-order valence-corrected chi connectivity index (χ1v) is 5.66. The van der Waals surface area contributed by atoms with Gasteiger partial charge in [0.15, 0.2) is 0 Å². The Kier molecular flexibility index (Phi) is 3.41. The molecule has 104 valence electrons. The fourth-order valence-electron chi connectivity index (χ4n) is 1.68. The lowest BCUT2D eigenvalue weighted by Gasteiger charge is -2.07. The number of hydrogen-bond donors (Lipinski definition) is 1. The second-order valence-electron chi connectivity index (χ2n) is 3.94. The summed E-state index contributed by atoms with van der Waals surface area (Å²) in [5.41, 5.74) is -2.55. The Hall–Kier alpha value is -2.48. The van der Waals surface area contributed by atoms with Gasteiger partial charge in [-0.1, -0.05) is 11.6 Å². The molecule has 1 heterocycles. The second-order valence-corrected chi connectivity index (χ2v) is 4.35. The van der Waals surface area contributed by atoms with Crippen LogP contribution < -0.4 is 11.2 Å². The molecule has 20 heavy (non-hydrogen) atoms. The zero-order valence-electron chi connectivity index (χ0n) is 10.0. The molecule has 1 aromatic carbocycles. The summed E-state index contributed by atoms with van der Waals surface area (Å²) >= 11 is 5.53. The van der Waals surface area contributed by atoms with Gasteiger partial charge >= 0.3 is 5.69 Å². The average Bonchev–Trinajstić information content (AvgIpc) is 2.29. The Morgan fingerprint density at radius 1 is 1.35 bits per heavy atom. The number of H-pyrrole nitrogens is 1. The van der Waals surface area contributed by atoms with Crippen LogP contribution >= 0.6 is 11.6 Å². The van der Waals surface area contributed by atoms with Gasteiger partial charge in [-0.05, 0) is 6.92 Å². The van der Waals surface area contributed by atoms with E-state index in [0.29, 0.717) is 16.3 Å². The van der Waals surface area contributed by atoms with E-state index in [1.807, 2.05) is 0 Å². The summed E-state index contributed by atoms with van der Waals surface area (Å²) in [6.07, 6.45) is 0. The molecule has 0 amide bonds. The molecule has 0 fully saturated rings. The van der Waals surface area contributed by atoms with Crippen molar-refractivity contribution in [1.29, 1.82) is 0 Å². The number of nitro groups is 1. The van der Waals surface area contributed by atoms with Gasteiger partial charge in [0.1, 0.15) is 10.8 Å². The Morgan fingerprint density at radius 3 is 2.55 bits per heavy atom. The van der Waals surface area contributed by atoms with E-state index in [0.717, 1.165) is 12.1 Å². The normalized spacial score (nSPS) is 10.6. The summed E-state index contributed by atoms with van der Waals surface area (Å²) in [7, 11) is 0. The van der Waals surface area contributed by atoms with E-state index < -0.39 is 38.4 Å². The van der Waals surface area contributed by atoms with Gasteiger partial charge in [0.05, 0.1) is 10.6 Å². The number of rotatable bonds is 2. The predicted molar refractivity (Wildman–Crippen MR) is 69.0 cm³/mol. The number of hydrogen-bond acceptors (Lipinski definition) is 4. The summed E-state index contributed by atoms with van der Waals surface area (Å²) in [5.74, 6) is -1.02. The standard InChI is InChI=1S/C11H7ClFN3O4/c1-5-2-10(17)15(11(18)14-5)9-4-8(16(19)20)6(12)3-7(9)13/h2-4H,1H3,(H,14,18). The zero-order valence-corrected chi connectivity index (χ0v) is 10.8. The summed E-state index contributed by atoms with van der Waals surface area (Å²) in [6, 6.07) is 2.49. The lowest BCUT2D eigenvalue weighted by Crippen LogP contribution is -2.34. The minimum absolute atomic E-state index is 0.292. The van der Waals surface area contributed by atoms with Crippen molar-refractivity contribution >= 4 is 17.3 Å². The van der Waals surface area contributed by atoms with Crippen LogP contribution in [0.1, 0.15) is 5.69 Å². The number of aromatic nitrogens is 2. The number of aryl methyl sites for hydroxylation is 1. The fraction of sp³-hybridized carbons (Fsp3) is 0.0909. The van der Waals surface area contributed by atoms with Gasteiger partial charge < -0.3 is 4.98 Å². The third-order valence-corrected chi connectivity index (χ3v) is 2.82. The van der Waals surface area contributed by atoms with Crippen LogP contribution in [0, 0.1) is 22.9 Å². The van der Waals surface area contributed by atoms with Gasteiger partial charge in [-0.3, -0.25) is 14.9 Å². The summed E-state index contributed by atoms with van der Waals surface area (Å²) < 4.78 is 14.3. The van der Waals surface area contributed by atoms with Crippen LogP contribution in [0.5, 0.6) is 0 Å². The molecule has 0 aliphatic carbocycles. The number of halogens is 2. The maximum absolute atomic E-state index is 13.8. The predicted octanol–water partition coefficient (Wildman–Crippen LogP) is 1.53. The maximum Gasteiger partial charge on any atom is 0.333 e. The third-order valence-electron chi connectivity index (χ3n) is 2.52. The molecule has 0 atom stereocenters. The van der Waals surface area contributed by atoms with Gasteiger partial charge in [-0.15, -0.1) is 0 Å². The van der Waals surface area contributed by atoms with Crippen LogP contribution in [-0.2, 0) is 0 Å². The van der Waals surface area contributed by atoms with E-state index in [1.54, 1.807) is 0 Å². The number of nitro benzene ring substituents is 1. The SMILES string of the molecule is Cc1cc(=O)n(-c2cc([N+](=O)[O-])c(Cl)cc2F)c(=O)[nH]1. The highest BCUT2D eigenvalue weighted by Crippen LogP contribution is 2.28. The zero-order chi connectivity index (χ0) is 15.0. The van der Waals surface area contributed by atoms with Crippen molar-refractivity contribution in [2.45, 2.75) is 6.92 Å². The van der Waals surface area contributed by atoms with Crippen molar-refractivity contribution < 1.29 is 9.31 Å². The first kappa shape index (κ1) is 13.9. The summed E-state index contributed by atoms with van der Waals surface area (Å²) in [6.45, 7) is 1.48. The van der Waals surface area contributed by atoms with Crippen LogP contribution in [0.2, 0.25) is 5.02 Å². The van der Waals surface area contributed by atoms with E-state index >= 15 is 0 Å². The molecule has 0 aliphatic heterocycles. The molecule has 0 saturated heterocycles. The van der Waals surface area contributed by atoms with Gasteiger partial charge in [-0.2, -0.15) is 0 Å². The highest BCUT2D eigenvalue weighted by atomic mass is 35.5. The highest BCUT2D eigenvalue weighted by Gasteiger charge is 2.20. The lowest BCUT2D eigenvalue weighted by molar-refractivity contribution is -0.384. The van der Waals surface area contributed by atoms with E-state index in [2.05, 4.69) is 4.98 Å². The quantitative estimate of drug-likeness (QED) is 0.671. The number of nitrogens with zero attached hydrogens (tertiary/aromatic N) is 2. The molecular formula is C11H7ClFN3O4. The Morgan fingerprint density at radius 2 is 2.00 bits per heavy atom. The molecular weight excluding hydrogens is 293 g/mol. The molecule has 0 aliphatic rings. The van der Waals surface area contributed by atoms with Gasteiger partial charge in [0.2, 0.25) is 0 Å². The molecule has 1 N–H and O–H groups in total. The molecule has 9 heteroatoms. The molecule has 2 aromatic rings. The van der Waals surface area contributed by atoms with Gasteiger partial charge in [0, 0.05) is 23.9 Å². The molecule has 0 unspecified atom stereocenters. The van der Waals surface area contributed by atoms with Crippen molar-refractivity contribution in [1.82, 2.24) is 9.55 Å². The van der Waals surface area contributed by atoms with E-state index in [1.165, 1.54) is 6.92 Å². The monoisotopic (exact) mass is 299 g/mol. The number of aromatic amines is 1. The molecule has 1 aromatic heterocycles. The highest BCUT2D eigenvalue weighted by molar-refractivity contribution is 6.32. The van der Waals surface area contributed by atoms with Crippen molar-refractivity contribution in [2.75, 3.05) is 0 Å². The van der Waals surface area contributed by atoms with Crippen molar-refractivity contribution in [3.63, 3.8) is 0 Å². The molecule has 7 nitrogen and oxygen atoms in total. The number of benzene rings is 1.